The van der Waals surface area contributed by atoms with Crippen LogP contribution in [0.25, 0.3) is 11.1 Å². The summed E-state index contributed by atoms with van der Waals surface area (Å²) in [7, 11) is -0.0588. The van der Waals surface area contributed by atoms with Gasteiger partial charge in [0.25, 0.3) is 10.0 Å². The normalized spacial score (nSPS) is 11.9. The van der Waals surface area contributed by atoms with Crippen LogP contribution in [0.15, 0.2) is 70.5 Å². The molecule has 0 bridgehead atoms. The van der Waals surface area contributed by atoms with Crippen LogP contribution in [0.3, 0.4) is 0 Å². The smallest absolute Gasteiger partial charge is 0.264 e. The quantitative estimate of drug-likeness (QED) is 0.301. The predicted molar refractivity (Wildman–Crippen MR) is 155 cm³/mol. The fourth-order valence-electron chi connectivity index (χ4n) is 4.54. The van der Waals surface area contributed by atoms with Gasteiger partial charge in [-0.3, -0.25) is 4.79 Å². The summed E-state index contributed by atoms with van der Waals surface area (Å²) < 4.78 is 28.2. The van der Waals surface area contributed by atoms with Crippen molar-refractivity contribution in [1.82, 2.24) is 9.62 Å². The molecule has 0 saturated carbocycles. The highest BCUT2D eigenvalue weighted by molar-refractivity contribution is 7.98. The van der Waals surface area contributed by atoms with Crippen molar-refractivity contribution in [3.05, 3.63) is 82.9 Å². The van der Waals surface area contributed by atoms with Gasteiger partial charge in [-0.1, -0.05) is 70.2 Å². The van der Waals surface area contributed by atoms with E-state index < -0.39 is 15.9 Å². The van der Waals surface area contributed by atoms with Crippen LogP contribution < -0.4 is 4.72 Å². The molecule has 37 heavy (non-hydrogen) atoms. The lowest BCUT2D eigenvalue weighted by Gasteiger charge is -2.22. The van der Waals surface area contributed by atoms with Crippen LogP contribution in [0.1, 0.15) is 61.8 Å². The summed E-state index contributed by atoms with van der Waals surface area (Å²) in [6.45, 7) is 9.14. The molecular formula is C30H38N2O3S2. The van der Waals surface area contributed by atoms with Crippen LogP contribution in [0.2, 0.25) is 0 Å². The van der Waals surface area contributed by atoms with E-state index in [1.807, 2.05) is 31.1 Å². The van der Waals surface area contributed by atoms with Gasteiger partial charge >= 0.3 is 0 Å². The highest BCUT2D eigenvalue weighted by Gasteiger charge is 2.23. The van der Waals surface area contributed by atoms with Crippen LogP contribution in [0.4, 0.5) is 0 Å². The lowest BCUT2D eigenvalue weighted by molar-refractivity contribution is -0.118. The summed E-state index contributed by atoms with van der Waals surface area (Å²) >= 11 is 1.71. The van der Waals surface area contributed by atoms with Crippen molar-refractivity contribution in [2.45, 2.75) is 62.3 Å². The first kappa shape index (κ1) is 29.0. The van der Waals surface area contributed by atoms with Crippen LogP contribution in [-0.2, 0) is 27.8 Å². The van der Waals surface area contributed by atoms with Gasteiger partial charge in [0.1, 0.15) is 0 Å². The molecule has 3 rings (SSSR count). The maximum atomic E-state index is 13.1. The average Bonchev–Trinajstić information content (AvgIpc) is 2.83. The molecule has 1 N–H and O–H groups in total. The van der Waals surface area contributed by atoms with E-state index in [0.29, 0.717) is 6.54 Å². The van der Waals surface area contributed by atoms with E-state index in [0.717, 1.165) is 33.4 Å². The van der Waals surface area contributed by atoms with Gasteiger partial charge in [-0.25, -0.2) is 13.1 Å². The first-order valence-corrected chi connectivity index (χ1v) is 15.2. The molecule has 0 aliphatic heterocycles. The molecule has 0 saturated heterocycles. The fraction of sp³-hybridized carbons (Fsp3) is 0.367. The van der Waals surface area contributed by atoms with Gasteiger partial charge in [-0.05, 0) is 83.8 Å². The number of carbonyl (C=O) groups is 1. The second kappa shape index (κ2) is 12.3. The molecule has 3 aromatic rings. The molecule has 198 valence electrons. The summed E-state index contributed by atoms with van der Waals surface area (Å²) in [6.07, 6.45) is 2.07. The molecule has 0 aliphatic carbocycles. The maximum Gasteiger partial charge on any atom is 0.264 e. The topological polar surface area (TPSA) is 66.5 Å². The highest BCUT2D eigenvalue weighted by Crippen LogP contribution is 2.37. The Kier molecular flexibility index (Phi) is 9.62. The Labute approximate surface area is 226 Å². The third kappa shape index (κ3) is 7.24. The van der Waals surface area contributed by atoms with Crippen molar-refractivity contribution in [3.8, 4) is 11.1 Å². The second-order valence-corrected chi connectivity index (χ2v) is 12.8. The molecule has 0 spiro atoms. The minimum absolute atomic E-state index is 0.00340. The number of nitrogens with zero attached hydrogens (tertiary/aromatic N) is 1. The number of nitrogens with one attached hydrogen (secondary N) is 1. The van der Waals surface area contributed by atoms with Crippen molar-refractivity contribution in [3.63, 3.8) is 0 Å². The minimum Gasteiger partial charge on any atom is -0.305 e. The van der Waals surface area contributed by atoms with Crippen molar-refractivity contribution in [2.24, 2.45) is 0 Å². The lowest BCUT2D eigenvalue weighted by atomic mass is 9.84. The number of thioether (sulfide) groups is 1. The molecule has 0 atom stereocenters. The van der Waals surface area contributed by atoms with Gasteiger partial charge in [-0.15, -0.1) is 11.8 Å². The van der Waals surface area contributed by atoms with E-state index >= 15 is 0 Å². The Morgan fingerprint density at radius 3 is 2.00 bits per heavy atom. The zero-order valence-electron chi connectivity index (χ0n) is 22.8. The first-order valence-electron chi connectivity index (χ1n) is 12.5. The van der Waals surface area contributed by atoms with E-state index in [2.05, 4.69) is 62.9 Å². The predicted octanol–water partition coefficient (Wildman–Crippen LogP) is 6.43. The standard InChI is InChI=1S/C30H38N2O3S2/c1-20(2)26-16-23(25-10-8-9-11-29(25)36-7)17-27(21(3)4)28(26)18-30(33)31-37(34,35)24-14-12-22(13-15-24)19-32(5)6/h8-17,20-21H,18-19H2,1-7H3,(H,31,33). The van der Waals surface area contributed by atoms with Gasteiger partial charge in [0.05, 0.1) is 11.3 Å². The number of rotatable bonds is 10. The number of hydrogen-bond acceptors (Lipinski definition) is 5. The van der Waals surface area contributed by atoms with Gasteiger partial charge in [0, 0.05) is 11.4 Å². The monoisotopic (exact) mass is 538 g/mol. The lowest BCUT2D eigenvalue weighted by Crippen LogP contribution is -2.32. The zero-order valence-corrected chi connectivity index (χ0v) is 24.5. The van der Waals surface area contributed by atoms with Crippen LogP contribution in [-0.4, -0.2) is 39.6 Å². The van der Waals surface area contributed by atoms with Crippen LogP contribution in [0.5, 0.6) is 0 Å². The summed E-state index contributed by atoms with van der Waals surface area (Å²) in [5.41, 5.74) is 6.32. The van der Waals surface area contributed by atoms with Crippen LogP contribution in [0, 0.1) is 0 Å². The van der Waals surface area contributed by atoms with Crippen LogP contribution >= 0.6 is 11.8 Å². The summed E-state index contributed by atoms with van der Waals surface area (Å²) in [5.74, 6) is -0.191. The highest BCUT2D eigenvalue weighted by atomic mass is 32.2. The van der Waals surface area contributed by atoms with Gasteiger partial charge in [-0.2, -0.15) is 0 Å². The van der Waals surface area contributed by atoms with Gasteiger partial charge < -0.3 is 4.90 Å². The van der Waals surface area contributed by atoms with Gasteiger partial charge in [0.15, 0.2) is 0 Å². The van der Waals surface area contributed by atoms with E-state index in [9.17, 15) is 13.2 Å². The largest absolute Gasteiger partial charge is 0.305 e. The Morgan fingerprint density at radius 2 is 1.49 bits per heavy atom. The number of sulfonamides is 1. The molecule has 0 fully saturated rings. The minimum atomic E-state index is -3.97. The number of benzene rings is 3. The summed E-state index contributed by atoms with van der Waals surface area (Å²) in [6, 6.07) is 19.3. The molecule has 1 amide bonds. The van der Waals surface area contributed by atoms with Crippen molar-refractivity contribution < 1.29 is 13.2 Å². The molecule has 3 aromatic carbocycles. The van der Waals surface area contributed by atoms with Crippen molar-refractivity contribution in [2.75, 3.05) is 20.4 Å². The number of carbonyl (C=O) groups excluding carboxylic acids is 1. The third-order valence-electron chi connectivity index (χ3n) is 6.30. The summed E-state index contributed by atoms with van der Waals surface area (Å²) in [5, 5.41) is 0. The maximum absolute atomic E-state index is 13.1. The average molecular weight is 539 g/mol. The zero-order chi connectivity index (χ0) is 27.3. The first-order chi connectivity index (χ1) is 17.4. The SMILES string of the molecule is CSc1ccccc1-c1cc(C(C)C)c(CC(=O)NS(=O)(=O)c2ccc(CN(C)C)cc2)c(C(C)C)c1. The molecule has 0 aliphatic rings. The molecule has 0 unspecified atom stereocenters. The Balaban J connectivity index is 1.94. The van der Waals surface area contributed by atoms with Crippen molar-refractivity contribution in [1.29, 1.82) is 0 Å². The third-order valence-corrected chi connectivity index (χ3v) is 8.48. The Hall–Kier alpha value is -2.61. The molecule has 0 aromatic heterocycles. The second-order valence-electron chi connectivity index (χ2n) is 10.2. The fourth-order valence-corrected chi connectivity index (χ4v) is 6.14. The van der Waals surface area contributed by atoms with Crippen molar-refractivity contribution >= 4 is 27.7 Å². The Morgan fingerprint density at radius 1 is 0.919 bits per heavy atom. The number of amides is 1. The molecule has 7 heteroatoms. The Bertz CT molecular complexity index is 1320. The number of hydrogen-bond donors (Lipinski definition) is 1. The van der Waals surface area contributed by atoms with E-state index in [1.165, 1.54) is 4.90 Å². The molecule has 0 radical (unpaired) electrons. The van der Waals surface area contributed by atoms with Gasteiger partial charge in [0.2, 0.25) is 5.91 Å². The van der Waals surface area contributed by atoms with E-state index in [-0.39, 0.29) is 23.2 Å². The summed E-state index contributed by atoms with van der Waals surface area (Å²) in [4.78, 5) is 16.4. The molecular weight excluding hydrogens is 500 g/mol. The van der Waals surface area contributed by atoms with E-state index in [4.69, 9.17) is 0 Å². The molecule has 0 heterocycles. The molecule has 5 nitrogen and oxygen atoms in total. The van der Waals surface area contributed by atoms with E-state index in [1.54, 1.807) is 36.0 Å².